The number of likely N-dealkylation sites (N-methyl/N-ethyl adjacent to an activating group) is 1. The summed E-state index contributed by atoms with van der Waals surface area (Å²) in [4.78, 5) is 28.2. The highest BCUT2D eigenvalue weighted by molar-refractivity contribution is 7.93. The number of unbranched alkanes of at least 4 members (excludes halogenated alkanes) is 6. The molecular weight excluding hydrogens is 514 g/mol. The van der Waals surface area contributed by atoms with Crippen molar-refractivity contribution in [2.45, 2.75) is 75.8 Å². The first-order valence-electron chi connectivity index (χ1n) is 12.9. The number of carbonyl (C=O) groups excluding carboxylic acids is 2. The van der Waals surface area contributed by atoms with Crippen LogP contribution in [-0.2, 0) is 15.9 Å². The Hall–Kier alpha value is -2.57. The number of aromatic nitrogens is 2. The van der Waals surface area contributed by atoms with E-state index in [1.807, 2.05) is 6.07 Å². The summed E-state index contributed by atoms with van der Waals surface area (Å²) in [6.45, 7) is 5.07. The van der Waals surface area contributed by atoms with Crippen LogP contribution in [0.3, 0.4) is 0 Å². The molecule has 2 atom stereocenters. The standard InChI is InChI=1S/C25H37N5O5S2/c1-4-6-8-10-15-34-20-14-12-13-19(17-20)26-23(31)35-21-18-29(3)25(32)30(21)22-27-28-24(36-22)37(33)16-11-9-7-5-2/h12-14,17,21H,4-11,15-16,18H2,1-3H3,(H,26,31). The minimum absolute atomic E-state index is 0.169. The van der Waals surface area contributed by atoms with E-state index in [2.05, 4.69) is 29.4 Å². The molecule has 1 aromatic carbocycles. The van der Waals surface area contributed by atoms with Gasteiger partial charge in [-0.2, -0.15) is 0 Å². The van der Waals surface area contributed by atoms with Gasteiger partial charge in [-0.1, -0.05) is 57.1 Å². The van der Waals surface area contributed by atoms with Gasteiger partial charge in [0.15, 0.2) is 0 Å². The zero-order valence-electron chi connectivity index (χ0n) is 21.8. The quantitative estimate of drug-likeness (QED) is 0.173. The predicted molar refractivity (Wildman–Crippen MR) is 146 cm³/mol. The summed E-state index contributed by atoms with van der Waals surface area (Å²) in [5.41, 5.74) is 0.525. The van der Waals surface area contributed by atoms with Crippen molar-refractivity contribution in [3.63, 3.8) is 0 Å². The third kappa shape index (κ3) is 8.75. The van der Waals surface area contributed by atoms with Gasteiger partial charge in [0.1, 0.15) is 11.5 Å². The number of nitrogens with zero attached hydrogens (tertiary/aromatic N) is 4. The Morgan fingerprint density at radius 3 is 2.68 bits per heavy atom. The Labute approximate surface area is 225 Å². The number of benzene rings is 1. The molecule has 3 rings (SSSR count). The van der Waals surface area contributed by atoms with E-state index in [0.29, 0.717) is 28.1 Å². The number of nitrogens with one attached hydrogen (secondary N) is 1. The summed E-state index contributed by atoms with van der Waals surface area (Å²) in [7, 11) is 1.62. The zero-order chi connectivity index (χ0) is 26.6. The molecule has 1 saturated heterocycles. The molecule has 2 aromatic rings. The molecule has 0 spiro atoms. The lowest BCUT2D eigenvalue weighted by molar-refractivity contribution is 0.116. The van der Waals surface area contributed by atoms with Crippen molar-refractivity contribution in [3.05, 3.63) is 24.3 Å². The lowest BCUT2D eigenvalue weighted by atomic mass is 10.2. The maximum absolute atomic E-state index is 12.8. The van der Waals surface area contributed by atoms with Crippen LogP contribution >= 0.6 is 11.3 Å². The molecule has 1 aromatic heterocycles. The molecule has 2 unspecified atom stereocenters. The van der Waals surface area contributed by atoms with Crippen molar-refractivity contribution in [2.24, 2.45) is 0 Å². The summed E-state index contributed by atoms with van der Waals surface area (Å²) >= 11 is -0.196. The van der Waals surface area contributed by atoms with Gasteiger partial charge in [-0.05, 0) is 42.7 Å². The minimum Gasteiger partial charge on any atom is -0.610 e. The van der Waals surface area contributed by atoms with Crippen molar-refractivity contribution in [1.29, 1.82) is 0 Å². The van der Waals surface area contributed by atoms with Crippen molar-refractivity contribution >= 4 is 45.5 Å². The molecule has 204 valence electrons. The van der Waals surface area contributed by atoms with Crippen LogP contribution in [0.1, 0.15) is 65.2 Å². The third-order valence-electron chi connectivity index (χ3n) is 5.82. The number of ether oxygens (including phenoxy) is 2. The van der Waals surface area contributed by atoms with Crippen LogP contribution in [0.2, 0.25) is 0 Å². The highest BCUT2D eigenvalue weighted by Crippen LogP contribution is 2.31. The summed E-state index contributed by atoms with van der Waals surface area (Å²) < 4.78 is 24.3. The van der Waals surface area contributed by atoms with E-state index < -0.39 is 23.5 Å². The van der Waals surface area contributed by atoms with Gasteiger partial charge in [-0.3, -0.25) is 5.32 Å². The Balaban J connectivity index is 1.57. The molecule has 0 aliphatic carbocycles. The topological polar surface area (TPSA) is 120 Å². The Morgan fingerprint density at radius 2 is 1.92 bits per heavy atom. The van der Waals surface area contributed by atoms with E-state index in [9.17, 15) is 14.1 Å². The number of hydrogen-bond donors (Lipinski definition) is 1. The number of rotatable bonds is 15. The van der Waals surface area contributed by atoms with Crippen LogP contribution in [0, 0.1) is 0 Å². The third-order valence-corrected chi connectivity index (χ3v) is 8.48. The number of anilines is 2. The zero-order valence-corrected chi connectivity index (χ0v) is 23.4. The van der Waals surface area contributed by atoms with Gasteiger partial charge in [0.05, 0.1) is 13.2 Å². The van der Waals surface area contributed by atoms with Gasteiger partial charge in [0.2, 0.25) is 11.4 Å². The van der Waals surface area contributed by atoms with Crippen LogP contribution < -0.4 is 15.0 Å². The number of amides is 3. The van der Waals surface area contributed by atoms with Crippen LogP contribution in [-0.4, -0.2) is 64.0 Å². The molecule has 0 radical (unpaired) electrons. The van der Waals surface area contributed by atoms with E-state index in [0.717, 1.165) is 49.9 Å². The Kier molecular flexibility index (Phi) is 11.7. The number of hydrogen-bond acceptors (Lipinski definition) is 8. The maximum atomic E-state index is 12.8. The first kappa shape index (κ1) is 29.0. The normalized spacial score (nSPS) is 16.2. The van der Waals surface area contributed by atoms with Crippen LogP contribution in [0.15, 0.2) is 28.6 Å². The molecule has 2 heterocycles. The van der Waals surface area contributed by atoms with Crippen LogP contribution in [0.25, 0.3) is 0 Å². The molecule has 37 heavy (non-hydrogen) atoms. The number of urea groups is 1. The fourth-order valence-corrected chi connectivity index (χ4v) is 6.02. The van der Waals surface area contributed by atoms with Crippen molar-refractivity contribution in [1.82, 2.24) is 15.1 Å². The number of carbonyl (C=O) groups is 2. The average molecular weight is 552 g/mol. The minimum atomic E-state index is -1.28. The van der Waals surface area contributed by atoms with Gasteiger partial charge in [-0.25, -0.2) is 14.5 Å². The first-order chi connectivity index (χ1) is 17.9. The van der Waals surface area contributed by atoms with Crippen molar-refractivity contribution in [2.75, 3.05) is 36.2 Å². The fraction of sp³-hybridized carbons (Fsp3) is 0.600. The summed E-state index contributed by atoms with van der Waals surface area (Å²) in [5, 5.41) is 11.1. The van der Waals surface area contributed by atoms with Gasteiger partial charge in [0, 0.05) is 30.0 Å². The second kappa shape index (κ2) is 15.0. The molecule has 3 amide bonds. The lowest BCUT2D eigenvalue weighted by Gasteiger charge is -2.20. The largest absolute Gasteiger partial charge is 0.610 e. The molecule has 1 fully saturated rings. The second-order valence-corrected chi connectivity index (χ2v) is 11.6. The highest BCUT2D eigenvalue weighted by Gasteiger charge is 2.41. The van der Waals surface area contributed by atoms with Gasteiger partial charge >= 0.3 is 16.5 Å². The molecule has 0 saturated carbocycles. The first-order valence-corrected chi connectivity index (χ1v) is 15.0. The lowest BCUT2D eigenvalue weighted by Crippen LogP contribution is -2.38. The van der Waals surface area contributed by atoms with Crippen molar-refractivity contribution < 1.29 is 23.6 Å². The summed E-state index contributed by atoms with van der Waals surface area (Å²) in [6.07, 6.45) is 6.92. The van der Waals surface area contributed by atoms with E-state index in [-0.39, 0.29) is 17.7 Å². The fourth-order valence-electron chi connectivity index (χ4n) is 3.79. The monoisotopic (exact) mass is 551 g/mol. The van der Waals surface area contributed by atoms with E-state index >= 15 is 0 Å². The van der Waals surface area contributed by atoms with Crippen LogP contribution in [0.4, 0.5) is 20.4 Å². The molecule has 1 N–H and O–H groups in total. The summed E-state index contributed by atoms with van der Waals surface area (Å²) in [5.74, 6) is 1.17. The molecule has 0 bridgehead atoms. The van der Waals surface area contributed by atoms with E-state index in [4.69, 9.17) is 9.47 Å². The molecule has 10 nitrogen and oxygen atoms in total. The van der Waals surface area contributed by atoms with Gasteiger partial charge in [-0.15, -0.1) is 5.10 Å². The smallest absolute Gasteiger partial charge is 0.413 e. The molecular formula is C25H37N5O5S2. The Bertz CT molecular complexity index is 1010. The second-order valence-electron chi connectivity index (χ2n) is 8.92. The SMILES string of the molecule is CCCCCCOc1cccc(NC(=O)OC2CN(C)C(=O)N2c2nnc([S+]([O-])CCCCCC)s2)c1. The highest BCUT2D eigenvalue weighted by atomic mass is 32.2. The van der Waals surface area contributed by atoms with Gasteiger partial charge in [0.25, 0.3) is 0 Å². The average Bonchev–Trinajstić information content (AvgIpc) is 3.46. The molecule has 1 aliphatic heterocycles. The maximum Gasteiger partial charge on any atom is 0.413 e. The van der Waals surface area contributed by atoms with E-state index in [1.54, 1.807) is 25.2 Å². The summed E-state index contributed by atoms with van der Waals surface area (Å²) in [6, 6.07) is 6.73. The van der Waals surface area contributed by atoms with Crippen molar-refractivity contribution in [3.8, 4) is 5.75 Å². The van der Waals surface area contributed by atoms with E-state index in [1.165, 1.54) is 22.6 Å². The predicted octanol–water partition coefficient (Wildman–Crippen LogP) is 5.63. The molecule has 1 aliphatic rings. The van der Waals surface area contributed by atoms with Crippen LogP contribution in [0.5, 0.6) is 5.75 Å². The van der Waals surface area contributed by atoms with Gasteiger partial charge < -0.3 is 18.9 Å². The Morgan fingerprint density at radius 1 is 1.16 bits per heavy atom. The molecule has 12 heteroatoms.